The predicted octanol–water partition coefficient (Wildman–Crippen LogP) is 2.95. The third-order valence-corrected chi connectivity index (χ3v) is 2.65. The first kappa shape index (κ1) is 13.4. The second-order valence-electron chi connectivity index (χ2n) is 4.17. The van der Waals surface area contributed by atoms with E-state index in [0.29, 0.717) is 5.39 Å². The van der Waals surface area contributed by atoms with E-state index in [9.17, 15) is 17.6 Å². The zero-order valence-electron chi connectivity index (χ0n) is 10.0. The minimum absolute atomic E-state index is 0.117. The van der Waals surface area contributed by atoms with Crippen molar-refractivity contribution in [3.05, 3.63) is 30.2 Å². The number of aromatic nitrogens is 1. The first-order chi connectivity index (χ1) is 8.79. The molecule has 0 bridgehead atoms. The SMILES string of the molecule is CN(CC(F)(F)F)c1c(F)cc(N)c2cccnc12. The molecule has 0 radical (unpaired) electrons. The molecule has 7 heteroatoms. The lowest BCUT2D eigenvalue weighted by atomic mass is 10.1. The van der Waals surface area contributed by atoms with Gasteiger partial charge in [-0.3, -0.25) is 4.98 Å². The van der Waals surface area contributed by atoms with Gasteiger partial charge in [-0.15, -0.1) is 0 Å². The molecule has 0 aliphatic rings. The highest BCUT2D eigenvalue weighted by molar-refractivity contribution is 5.98. The molecule has 2 rings (SSSR count). The number of nitrogens with zero attached hydrogens (tertiary/aromatic N) is 2. The van der Waals surface area contributed by atoms with Gasteiger partial charge in [0.1, 0.15) is 6.54 Å². The van der Waals surface area contributed by atoms with Gasteiger partial charge in [-0.05, 0) is 18.2 Å². The molecule has 0 amide bonds. The number of anilines is 2. The van der Waals surface area contributed by atoms with Crippen LogP contribution < -0.4 is 10.6 Å². The maximum Gasteiger partial charge on any atom is 0.405 e. The van der Waals surface area contributed by atoms with Crippen LogP contribution in [-0.4, -0.2) is 24.8 Å². The summed E-state index contributed by atoms with van der Waals surface area (Å²) in [6, 6.07) is 4.18. The molecule has 0 saturated heterocycles. The molecule has 0 unspecified atom stereocenters. The van der Waals surface area contributed by atoms with Crippen LogP contribution in [0, 0.1) is 5.82 Å². The fourth-order valence-electron chi connectivity index (χ4n) is 1.93. The van der Waals surface area contributed by atoms with E-state index in [1.54, 1.807) is 12.1 Å². The summed E-state index contributed by atoms with van der Waals surface area (Å²) >= 11 is 0. The molecule has 0 spiro atoms. The molecule has 3 nitrogen and oxygen atoms in total. The predicted molar refractivity (Wildman–Crippen MR) is 65.4 cm³/mol. The van der Waals surface area contributed by atoms with Crippen molar-refractivity contribution < 1.29 is 17.6 Å². The van der Waals surface area contributed by atoms with Crippen LogP contribution in [0.4, 0.5) is 28.9 Å². The Morgan fingerprint density at radius 3 is 2.68 bits per heavy atom. The van der Waals surface area contributed by atoms with E-state index in [1.165, 1.54) is 6.20 Å². The Labute approximate surface area is 106 Å². The van der Waals surface area contributed by atoms with E-state index in [1.807, 2.05) is 0 Å². The van der Waals surface area contributed by atoms with Crippen LogP contribution in [0.5, 0.6) is 0 Å². The van der Waals surface area contributed by atoms with E-state index < -0.39 is 18.5 Å². The highest BCUT2D eigenvalue weighted by atomic mass is 19.4. The number of halogens is 4. The average molecular weight is 273 g/mol. The van der Waals surface area contributed by atoms with Crippen molar-refractivity contribution in [3.8, 4) is 0 Å². The Hall–Kier alpha value is -2.05. The molecular formula is C12H11F4N3. The van der Waals surface area contributed by atoms with Crippen LogP contribution in [0.3, 0.4) is 0 Å². The first-order valence-corrected chi connectivity index (χ1v) is 5.40. The molecule has 0 saturated carbocycles. The summed E-state index contributed by atoms with van der Waals surface area (Å²) < 4.78 is 51.1. The minimum Gasteiger partial charge on any atom is -0.398 e. The summed E-state index contributed by atoms with van der Waals surface area (Å²) in [4.78, 5) is 4.71. The lowest BCUT2D eigenvalue weighted by Gasteiger charge is -2.23. The molecule has 2 N–H and O–H groups in total. The van der Waals surface area contributed by atoms with E-state index in [0.717, 1.165) is 18.0 Å². The smallest absolute Gasteiger partial charge is 0.398 e. The lowest BCUT2D eigenvalue weighted by molar-refractivity contribution is -0.119. The molecular weight excluding hydrogens is 262 g/mol. The number of benzene rings is 1. The highest BCUT2D eigenvalue weighted by Gasteiger charge is 2.31. The molecule has 2 aromatic rings. The van der Waals surface area contributed by atoms with Crippen molar-refractivity contribution in [2.75, 3.05) is 24.2 Å². The van der Waals surface area contributed by atoms with Crippen LogP contribution in [0.2, 0.25) is 0 Å². The molecule has 0 fully saturated rings. The number of nitrogens with two attached hydrogens (primary N) is 1. The summed E-state index contributed by atoms with van der Waals surface area (Å²) in [5.74, 6) is -0.824. The topological polar surface area (TPSA) is 42.1 Å². The van der Waals surface area contributed by atoms with E-state index >= 15 is 0 Å². The summed E-state index contributed by atoms with van der Waals surface area (Å²) in [6.07, 6.45) is -3.05. The maximum atomic E-state index is 13.9. The zero-order chi connectivity index (χ0) is 14.2. The van der Waals surface area contributed by atoms with Gasteiger partial charge < -0.3 is 10.6 Å². The summed E-state index contributed by atoms with van der Waals surface area (Å²) in [5.41, 5.74) is 5.69. The van der Waals surface area contributed by atoms with Gasteiger partial charge in [0.2, 0.25) is 0 Å². The van der Waals surface area contributed by atoms with Gasteiger partial charge in [0.15, 0.2) is 5.82 Å². The second kappa shape index (κ2) is 4.56. The molecule has 0 aliphatic heterocycles. The minimum atomic E-state index is -4.43. The Balaban J connectivity index is 2.59. The van der Waals surface area contributed by atoms with Crippen LogP contribution in [0.15, 0.2) is 24.4 Å². The Kier molecular flexibility index (Phi) is 3.21. The number of fused-ring (bicyclic) bond motifs is 1. The van der Waals surface area contributed by atoms with E-state index in [4.69, 9.17) is 5.73 Å². The Morgan fingerprint density at radius 1 is 1.37 bits per heavy atom. The van der Waals surface area contributed by atoms with Gasteiger partial charge in [0, 0.05) is 24.3 Å². The number of hydrogen-bond donors (Lipinski definition) is 1. The normalized spacial score (nSPS) is 11.8. The van der Waals surface area contributed by atoms with Crippen LogP contribution in [0.1, 0.15) is 0 Å². The van der Waals surface area contributed by atoms with E-state index in [2.05, 4.69) is 4.98 Å². The average Bonchev–Trinajstić information content (AvgIpc) is 2.26. The fraction of sp³-hybridized carbons (Fsp3) is 0.250. The fourth-order valence-corrected chi connectivity index (χ4v) is 1.93. The number of rotatable bonds is 2. The standard InChI is InChI=1S/C12H11F4N3/c1-19(6-12(14,15)16)11-8(13)5-9(17)7-3-2-4-18-10(7)11/h2-5H,6,17H2,1H3. The monoisotopic (exact) mass is 273 g/mol. The van der Waals surface area contributed by atoms with Crippen LogP contribution >= 0.6 is 0 Å². The van der Waals surface area contributed by atoms with Crippen molar-refractivity contribution in [2.24, 2.45) is 0 Å². The van der Waals surface area contributed by atoms with Gasteiger partial charge in [0.05, 0.1) is 11.2 Å². The third kappa shape index (κ3) is 2.69. The van der Waals surface area contributed by atoms with Crippen molar-refractivity contribution in [3.63, 3.8) is 0 Å². The molecule has 1 aromatic heterocycles. The molecule has 1 aromatic carbocycles. The van der Waals surface area contributed by atoms with Gasteiger partial charge in [-0.1, -0.05) is 0 Å². The summed E-state index contributed by atoms with van der Waals surface area (Å²) in [6.45, 7) is -1.26. The van der Waals surface area contributed by atoms with E-state index in [-0.39, 0.29) is 16.9 Å². The quantitative estimate of drug-likeness (QED) is 0.675. The van der Waals surface area contributed by atoms with Crippen molar-refractivity contribution in [1.29, 1.82) is 0 Å². The summed E-state index contributed by atoms with van der Waals surface area (Å²) in [7, 11) is 1.16. The van der Waals surface area contributed by atoms with Gasteiger partial charge in [-0.2, -0.15) is 13.2 Å². The summed E-state index contributed by atoms with van der Waals surface area (Å²) in [5, 5.41) is 0.424. The Bertz CT molecular complexity index is 610. The van der Waals surface area contributed by atoms with Crippen molar-refractivity contribution in [1.82, 2.24) is 4.98 Å². The van der Waals surface area contributed by atoms with Crippen LogP contribution in [0.25, 0.3) is 10.9 Å². The lowest BCUT2D eigenvalue weighted by Crippen LogP contribution is -2.31. The highest BCUT2D eigenvalue weighted by Crippen LogP contribution is 2.33. The van der Waals surface area contributed by atoms with Gasteiger partial charge >= 0.3 is 6.18 Å². The van der Waals surface area contributed by atoms with Crippen LogP contribution in [-0.2, 0) is 0 Å². The molecule has 19 heavy (non-hydrogen) atoms. The maximum absolute atomic E-state index is 13.9. The molecule has 102 valence electrons. The van der Waals surface area contributed by atoms with Crippen molar-refractivity contribution >= 4 is 22.3 Å². The molecule has 0 atom stereocenters. The largest absolute Gasteiger partial charge is 0.405 e. The van der Waals surface area contributed by atoms with Gasteiger partial charge in [0.25, 0.3) is 0 Å². The van der Waals surface area contributed by atoms with Crippen molar-refractivity contribution in [2.45, 2.75) is 6.18 Å². The third-order valence-electron chi connectivity index (χ3n) is 2.65. The zero-order valence-corrected chi connectivity index (χ0v) is 10.0. The number of hydrogen-bond acceptors (Lipinski definition) is 3. The Morgan fingerprint density at radius 2 is 2.05 bits per heavy atom. The second-order valence-corrected chi connectivity index (χ2v) is 4.17. The number of nitrogen functional groups attached to an aromatic ring is 1. The first-order valence-electron chi connectivity index (χ1n) is 5.40. The van der Waals surface area contributed by atoms with Gasteiger partial charge in [-0.25, -0.2) is 4.39 Å². The molecule has 0 aliphatic carbocycles. The molecule has 1 heterocycles. The number of alkyl halides is 3. The number of pyridine rings is 1.